The number of nitrogens with one attached hydrogen (secondary N) is 1. The minimum Gasteiger partial charge on any atom is -0.379 e. The first-order valence-electron chi connectivity index (χ1n) is 8.56. The van der Waals surface area contributed by atoms with E-state index in [4.69, 9.17) is 4.74 Å². The molecule has 3 rings (SSSR count). The molecule has 1 aromatic heterocycles. The normalized spacial score (nSPS) is 22.8. The van der Waals surface area contributed by atoms with Crippen LogP contribution in [0.5, 0.6) is 0 Å². The van der Waals surface area contributed by atoms with Gasteiger partial charge in [0.05, 0.1) is 13.2 Å². The SMILES string of the molecule is O=C(NCc1cccnc1)N1CCCC[C@H]1CN1CCOCC1. The van der Waals surface area contributed by atoms with Gasteiger partial charge in [0.2, 0.25) is 0 Å². The van der Waals surface area contributed by atoms with E-state index in [0.29, 0.717) is 12.6 Å². The van der Waals surface area contributed by atoms with E-state index in [0.717, 1.165) is 57.8 Å². The van der Waals surface area contributed by atoms with Gasteiger partial charge in [0.15, 0.2) is 0 Å². The van der Waals surface area contributed by atoms with Crippen LogP contribution in [0.1, 0.15) is 24.8 Å². The predicted octanol–water partition coefficient (Wildman–Crippen LogP) is 1.48. The summed E-state index contributed by atoms with van der Waals surface area (Å²) < 4.78 is 5.41. The quantitative estimate of drug-likeness (QED) is 0.913. The lowest BCUT2D eigenvalue weighted by Crippen LogP contribution is -2.53. The van der Waals surface area contributed by atoms with Crippen molar-refractivity contribution in [3.8, 4) is 0 Å². The molecule has 0 spiro atoms. The lowest BCUT2D eigenvalue weighted by molar-refractivity contribution is 0.0221. The van der Waals surface area contributed by atoms with Crippen molar-refractivity contribution in [2.75, 3.05) is 39.4 Å². The molecule has 2 aliphatic rings. The molecule has 1 aromatic rings. The molecule has 0 radical (unpaired) electrons. The molecule has 126 valence electrons. The average molecular weight is 318 g/mol. The first-order chi connectivity index (χ1) is 11.3. The van der Waals surface area contributed by atoms with Crippen LogP contribution in [0.4, 0.5) is 4.79 Å². The summed E-state index contributed by atoms with van der Waals surface area (Å²) in [7, 11) is 0. The molecule has 0 aliphatic carbocycles. The second-order valence-corrected chi connectivity index (χ2v) is 6.28. The van der Waals surface area contributed by atoms with Crippen molar-refractivity contribution in [2.45, 2.75) is 31.8 Å². The van der Waals surface area contributed by atoms with E-state index in [1.165, 1.54) is 6.42 Å². The fraction of sp³-hybridized carbons (Fsp3) is 0.647. The number of ether oxygens (including phenoxy) is 1. The van der Waals surface area contributed by atoms with Crippen LogP contribution < -0.4 is 5.32 Å². The van der Waals surface area contributed by atoms with Gasteiger partial charge in [-0.2, -0.15) is 0 Å². The number of hydrogen-bond donors (Lipinski definition) is 1. The number of urea groups is 1. The molecule has 0 unspecified atom stereocenters. The molecule has 2 aliphatic heterocycles. The van der Waals surface area contributed by atoms with Gasteiger partial charge >= 0.3 is 6.03 Å². The number of morpholine rings is 1. The van der Waals surface area contributed by atoms with Crippen LogP contribution in [-0.2, 0) is 11.3 Å². The van der Waals surface area contributed by atoms with E-state index in [-0.39, 0.29) is 6.03 Å². The lowest BCUT2D eigenvalue weighted by atomic mass is 10.0. The summed E-state index contributed by atoms with van der Waals surface area (Å²) in [6, 6.07) is 4.24. The summed E-state index contributed by atoms with van der Waals surface area (Å²) in [4.78, 5) is 21.1. The third-order valence-electron chi connectivity index (χ3n) is 4.63. The Kier molecular flexibility index (Phi) is 5.82. The number of nitrogens with zero attached hydrogens (tertiary/aromatic N) is 3. The second kappa shape index (κ2) is 8.26. The summed E-state index contributed by atoms with van der Waals surface area (Å²) >= 11 is 0. The first kappa shape index (κ1) is 16.2. The Balaban J connectivity index is 1.53. The molecule has 2 saturated heterocycles. The van der Waals surface area contributed by atoms with Crippen LogP contribution in [0.25, 0.3) is 0 Å². The zero-order chi connectivity index (χ0) is 15.9. The van der Waals surface area contributed by atoms with Gasteiger partial charge in [-0.05, 0) is 30.9 Å². The highest BCUT2D eigenvalue weighted by atomic mass is 16.5. The monoisotopic (exact) mass is 318 g/mol. The third-order valence-corrected chi connectivity index (χ3v) is 4.63. The Morgan fingerprint density at radius 2 is 2.17 bits per heavy atom. The topological polar surface area (TPSA) is 57.7 Å². The highest BCUT2D eigenvalue weighted by molar-refractivity contribution is 5.74. The minimum atomic E-state index is 0.0480. The van der Waals surface area contributed by atoms with E-state index in [9.17, 15) is 4.79 Å². The average Bonchev–Trinajstić information content (AvgIpc) is 2.62. The van der Waals surface area contributed by atoms with E-state index < -0.39 is 0 Å². The van der Waals surface area contributed by atoms with Gasteiger partial charge < -0.3 is 15.0 Å². The second-order valence-electron chi connectivity index (χ2n) is 6.28. The lowest BCUT2D eigenvalue weighted by Gasteiger charge is -2.39. The number of piperidine rings is 1. The van der Waals surface area contributed by atoms with Crippen LogP contribution in [0.2, 0.25) is 0 Å². The van der Waals surface area contributed by atoms with Gasteiger partial charge in [0.25, 0.3) is 0 Å². The van der Waals surface area contributed by atoms with Crippen molar-refractivity contribution < 1.29 is 9.53 Å². The van der Waals surface area contributed by atoms with Crippen LogP contribution in [0.15, 0.2) is 24.5 Å². The molecule has 1 N–H and O–H groups in total. The number of aromatic nitrogens is 1. The Labute approximate surface area is 137 Å². The van der Waals surface area contributed by atoms with Gasteiger partial charge in [0, 0.05) is 51.2 Å². The molecule has 0 bridgehead atoms. The molecule has 3 heterocycles. The molecule has 2 amide bonds. The Bertz CT molecular complexity index is 491. The molecular formula is C17H26N4O2. The van der Waals surface area contributed by atoms with Crippen molar-refractivity contribution in [1.82, 2.24) is 20.1 Å². The zero-order valence-corrected chi connectivity index (χ0v) is 13.6. The van der Waals surface area contributed by atoms with Crippen molar-refractivity contribution >= 4 is 6.03 Å². The Morgan fingerprint density at radius 1 is 1.30 bits per heavy atom. The number of rotatable bonds is 4. The van der Waals surface area contributed by atoms with Gasteiger partial charge in [-0.15, -0.1) is 0 Å². The van der Waals surface area contributed by atoms with Crippen molar-refractivity contribution in [3.05, 3.63) is 30.1 Å². The molecule has 1 atom stereocenters. The maximum absolute atomic E-state index is 12.6. The van der Waals surface area contributed by atoms with Crippen LogP contribution >= 0.6 is 0 Å². The standard InChI is InChI=1S/C17H26N4O2/c22-17(19-13-15-4-3-6-18-12-15)21-7-2-1-5-16(21)14-20-8-10-23-11-9-20/h3-4,6,12,16H,1-2,5,7-11,13-14H2,(H,19,22)/t16-/m0/s1. The van der Waals surface area contributed by atoms with Crippen molar-refractivity contribution in [1.29, 1.82) is 0 Å². The Hall–Kier alpha value is -1.66. The molecule has 6 nitrogen and oxygen atoms in total. The minimum absolute atomic E-state index is 0.0480. The van der Waals surface area contributed by atoms with Gasteiger partial charge in [-0.3, -0.25) is 9.88 Å². The number of likely N-dealkylation sites (tertiary alicyclic amines) is 1. The number of carbonyl (C=O) groups is 1. The summed E-state index contributed by atoms with van der Waals surface area (Å²) in [5.41, 5.74) is 1.03. The van der Waals surface area contributed by atoms with E-state index >= 15 is 0 Å². The Morgan fingerprint density at radius 3 is 2.96 bits per heavy atom. The summed E-state index contributed by atoms with van der Waals surface area (Å²) in [6.45, 7) is 5.91. The van der Waals surface area contributed by atoms with E-state index in [1.807, 2.05) is 17.0 Å². The van der Waals surface area contributed by atoms with Crippen LogP contribution in [0, 0.1) is 0 Å². The predicted molar refractivity (Wildman–Crippen MR) is 88.1 cm³/mol. The molecule has 23 heavy (non-hydrogen) atoms. The third kappa shape index (κ3) is 4.65. The van der Waals surface area contributed by atoms with E-state index in [1.54, 1.807) is 12.4 Å². The fourth-order valence-electron chi connectivity index (χ4n) is 3.32. The first-order valence-corrected chi connectivity index (χ1v) is 8.56. The zero-order valence-electron chi connectivity index (χ0n) is 13.6. The van der Waals surface area contributed by atoms with Gasteiger partial charge in [-0.1, -0.05) is 6.07 Å². The summed E-state index contributed by atoms with van der Waals surface area (Å²) in [5.74, 6) is 0. The molecule has 6 heteroatoms. The number of amides is 2. The van der Waals surface area contributed by atoms with Crippen molar-refractivity contribution in [3.63, 3.8) is 0 Å². The number of carbonyl (C=O) groups excluding carboxylic acids is 1. The van der Waals surface area contributed by atoms with Gasteiger partial charge in [0.1, 0.15) is 0 Å². The molecule has 2 fully saturated rings. The molecule has 0 aromatic carbocycles. The highest BCUT2D eigenvalue weighted by Crippen LogP contribution is 2.18. The fourth-order valence-corrected chi connectivity index (χ4v) is 3.32. The largest absolute Gasteiger partial charge is 0.379 e. The maximum atomic E-state index is 12.6. The molecule has 0 saturated carbocycles. The number of pyridine rings is 1. The van der Waals surface area contributed by atoms with Crippen LogP contribution in [-0.4, -0.2) is 66.2 Å². The number of hydrogen-bond acceptors (Lipinski definition) is 4. The van der Waals surface area contributed by atoms with E-state index in [2.05, 4.69) is 15.2 Å². The van der Waals surface area contributed by atoms with Crippen molar-refractivity contribution in [2.24, 2.45) is 0 Å². The smallest absolute Gasteiger partial charge is 0.317 e. The van der Waals surface area contributed by atoms with Gasteiger partial charge in [-0.25, -0.2) is 4.79 Å². The van der Waals surface area contributed by atoms with Crippen LogP contribution in [0.3, 0.4) is 0 Å². The summed E-state index contributed by atoms with van der Waals surface area (Å²) in [6.07, 6.45) is 6.94. The molecular weight excluding hydrogens is 292 g/mol. The highest BCUT2D eigenvalue weighted by Gasteiger charge is 2.28. The summed E-state index contributed by atoms with van der Waals surface area (Å²) in [5, 5.41) is 3.04. The maximum Gasteiger partial charge on any atom is 0.317 e.